The van der Waals surface area contributed by atoms with Crippen molar-refractivity contribution >= 4 is 25.5 Å². The van der Waals surface area contributed by atoms with Crippen molar-refractivity contribution in [3.05, 3.63) is 83.9 Å². The molecule has 4 rings (SSSR count). The van der Waals surface area contributed by atoms with E-state index in [0.29, 0.717) is 16.2 Å². The van der Waals surface area contributed by atoms with E-state index < -0.39 is 8.87 Å². The molecular formula is C24H24N2O3S2. The molecule has 0 aliphatic carbocycles. The van der Waals surface area contributed by atoms with E-state index in [1.165, 1.54) is 0 Å². The second-order valence-corrected chi connectivity index (χ2v) is 11.2. The fraction of sp³-hybridized carbons (Fsp3) is 0.208. The van der Waals surface area contributed by atoms with Gasteiger partial charge < -0.3 is 10.1 Å². The van der Waals surface area contributed by atoms with Gasteiger partial charge in [0.1, 0.15) is 11.6 Å². The third kappa shape index (κ3) is 5.29. The molecule has 0 spiro atoms. The van der Waals surface area contributed by atoms with E-state index in [-0.39, 0.29) is 5.75 Å². The Morgan fingerprint density at radius 2 is 1.77 bits per heavy atom. The van der Waals surface area contributed by atoms with Crippen molar-refractivity contribution in [2.24, 2.45) is 4.99 Å². The first-order valence-electron chi connectivity index (χ1n) is 10.1. The average Bonchev–Trinajstić information content (AvgIpc) is 2.80. The Morgan fingerprint density at radius 1 is 1.00 bits per heavy atom. The summed E-state index contributed by atoms with van der Waals surface area (Å²) in [5.41, 5.74) is 3.45. The second kappa shape index (κ2) is 9.58. The molecule has 1 heterocycles. The van der Waals surface area contributed by atoms with Crippen molar-refractivity contribution in [3.63, 3.8) is 0 Å². The summed E-state index contributed by atoms with van der Waals surface area (Å²) < 4.78 is 31.8. The Bertz CT molecular complexity index is 1190. The quantitative estimate of drug-likeness (QED) is 0.525. The Hall–Kier alpha value is -2.77. The number of rotatable bonds is 7. The van der Waals surface area contributed by atoms with E-state index in [1.807, 2.05) is 72.8 Å². The van der Waals surface area contributed by atoms with Gasteiger partial charge in [-0.3, -0.25) is 4.99 Å². The molecule has 0 radical (unpaired) electrons. The molecule has 0 aromatic heterocycles. The number of aliphatic imine (C=N–C) groups is 1. The summed E-state index contributed by atoms with van der Waals surface area (Å²) in [6.07, 6.45) is 0.981. The molecular weight excluding hydrogens is 428 g/mol. The fourth-order valence-electron chi connectivity index (χ4n) is 3.51. The third-order valence-corrected chi connectivity index (χ3v) is 8.08. The van der Waals surface area contributed by atoms with Crippen LogP contribution in [0.25, 0.3) is 11.1 Å². The Kier molecular flexibility index (Phi) is 6.63. The molecule has 5 nitrogen and oxygen atoms in total. The molecule has 1 aliphatic heterocycles. The maximum atomic E-state index is 13.2. The molecule has 0 amide bonds. The number of benzene rings is 3. The Labute approximate surface area is 186 Å². The van der Waals surface area contributed by atoms with Crippen LogP contribution in [-0.2, 0) is 14.6 Å². The summed E-state index contributed by atoms with van der Waals surface area (Å²) in [7, 11) is -1.09. The summed E-state index contributed by atoms with van der Waals surface area (Å²) in [6.45, 7) is 1.59. The van der Waals surface area contributed by atoms with Crippen LogP contribution in [0.15, 0.2) is 82.7 Å². The molecule has 0 fully saturated rings. The van der Waals surface area contributed by atoms with E-state index in [2.05, 4.69) is 10.3 Å². The third-order valence-electron chi connectivity index (χ3n) is 4.98. The standard InChI is InChI=1S/C24H24N2O3S2/c1-29-22-13-12-19(18-8-3-2-4-9-18)16-20(22)17-31(27,28)30-23-11-6-5-10-21(23)24-25-14-7-15-26-24/h2-6,8-13,16H,7,14-15,17H2,1H3,(H,25,26). The van der Waals surface area contributed by atoms with Gasteiger partial charge in [-0.1, -0.05) is 54.6 Å². The van der Waals surface area contributed by atoms with Crippen molar-refractivity contribution in [1.82, 2.24) is 5.32 Å². The van der Waals surface area contributed by atoms with E-state index in [9.17, 15) is 8.42 Å². The molecule has 1 N–H and O–H groups in total. The summed E-state index contributed by atoms with van der Waals surface area (Å²) in [5, 5.41) is 3.28. The minimum Gasteiger partial charge on any atom is -0.496 e. The van der Waals surface area contributed by atoms with Crippen LogP contribution in [-0.4, -0.2) is 34.5 Å². The molecule has 31 heavy (non-hydrogen) atoms. The van der Waals surface area contributed by atoms with E-state index in [4.69, 9.17) is 4.74 Å². The van der Waals surface area contributed by atoms with Gasteiger partial charge in [-0.2, -0.15) is 0 Å². The lowest BCUT2D eigenvalue weighted by Gasteiger charge is -2.17. The van der Waals surface area contributed by atoms with Gasteiger partial charge in [0.2, 0.25) is 8.87 Å². The molecule has 0 saturated heterocycles. The zero-order chi connectivity index (χ0) is 21.7. The highest BCUT2D eigenvalue weighted by molar-refractivity contribution is 8.71. The predicted octanol–water partition coefficient (Wildman–Crippen LogP) is 4.72. The van der Waals surface area contributed by atoms with Crippen molar-refractivity contribution in [3.8, 4) is 16.9 Å². The average molecular weight is 453 g/mol. The van der Waals surface area contributed by atoms with Gasteiger partial charge in [-0.15, -0.1) is 0 Å². The number of nitrogens with one attached hydrogen (secondary N) is 1. The van der Waals surface area contributed by atoms with Crippen molar-refractivity contribution in [2.45, 2.75) is 17.1 Å². The van der Waals surface area contributed by atoms with Crippen LogP contribution in [0.4, 0.5) is 0 Å². The molecule has 0 bridgehead atoms. The number of ether oxygens (including phenoxy) is 1. The van der Waals surface area contributed by atoms with E-state index >= 15 is 0 Å². The van der Waals surface area contributed by atoms with Gasteiger partial charge in [0, 0.05) is 39.9 Å². The maximum absolute atomic E-state index is 13.2. The van der Waals surface area contributed by atoms with Crippen molar-refractivity contribution in [2.75, 3.05) is 20.2 Å². The summed E-state index contributed by atoms with van der Waals surface area (Å²) in [5.74, 6) is 1.19. The summed E-state index contributed by atoms with van der Waals surface area (Å²) in [4.78, 5) is 5.20. The molecule has 0 atom stereocenters. The summed E-state index contributed by atoms with van der Waals surface area (Å²) in [6, 6.07) is 23.0. The predicted molar refractivity (Wildman–Crippen MR) is 127 cm³/mol. The van der Waals surface area contributed by atoms with Gasteiger partial charge in [-0.05, 0) is 35.7 Å². The zero-order valence-electron chi connectivity index (χ0n) is 17.2. The SMILES string of the molecule is COc1ccc(-c2ccccc2)cc1CS(=O)(=O)Sc1ccccc1C1=NCCCN1. The number of hydrogen-bond donors (Lipinski definition) is 1. The van der Waals surface area contributed by atoms with Crippen LogP contribution in [0.1, 0.15) is 17.5 Å². The van der Waals surface area contributed by atoms with Crippen LogP contribution in [0.3, 0.4) is 0 Å². The number of methoxy groups -OCH3 is 1. The highest BCUT2D eigenvalue weighted by Gasteiger charge is 2.21. The molecule has 0 saturated carbocycles. The normalized spacial score (nSPS) is 13.9. The van der Waals surface area contributed by atoms with Gasteiger partial charge in [0.05, 0.1) is 12.9 Å². The van der Waals surface area contributed by atoms with Crippen LogP contribution >= 0.6 is 10.8 Å². The molecule has 0 unspecified atom stereocenters. The van der Waals surface area contributed by atoms with Gasteiger partial charge in [0.15, 0.2) is 0 Å². The van der Waals surface area contributed by atoms with Gasteiger partial charge in [-0.25, -0.2) is 8.42 Å². The fourth-order valence-corrected chi connectivity index (χ4v) is 6.65. The number of hydrogen-bond acceptors (Lipinski definition) is 6. The molecule has 1 aliphatic rings. The monoisotopic (exact) mass is 452 g/mol. The molecule has 3 aromatic carbocycles. The number of amidine groups is 1. The molecule has 3 aromatic rings. The van der Waals surface area contributed by atoms with Crippen molar-refractivity contribution in [1.29, 1.82) is 0 Å². The maximum Gasteiger partial charge on any atom is 0.210 e. The lowest BCUT2D eigenvalue weighted by Crippen LogP contribution is -2.30. The lowest BCUT2D eigenvalue weighted by molar-refractivity contribution is 0.411. The van der Waals surface area contributed by atoms with Gasteiger partial charge >= 0.3 is 0 Å². The van der Waals surface area contributed by atoms with Crippen LogP contribution in [0.2, 0.25) is 0 Å². The Balaban J connectivity index is 1.62. The second-order valence-electron chi connectivity index (χ2n) is 7.18. The first-order valence-corrected chi connectivity index (χ1v) is 13.1. The van der Waals surface area contributed by atoms with Crippen LogP contribution in [0.5, 0.6) is 5.75 Å². The molecule has 160 valence electrons. The first-order chi connectivity index (χ1) is 15.1. The molecule has 7 heteroatoms. The highest BCUT2D eigenvalue weighted by atomic mass is 33.1. The largest absolute Gasteiger partial charge is 0.496 e. The van der Waals surface area contributed by atoms with Crippen molar-refractivity contribution < 1.29 is 13.2 Å². The van der Waals surface area contributed by atoms with E-state index in [0.717, 1.165) is 52.8 Å². The topological polar surface area (TPSA) is 67.8 Å². The highest BCUT2D eigenvalue weighted by Crippen LogP contribution is 2.34. The van der Waals surface area contributed by atoms with Crippen LogP contribution in [0, 0.1) is 0 Å². The Morgan fingerprint density at radius 3 is 2.52 bits per heavy atom. The first kappa shape index (κ1) is 21.5. The number of nitrogens with zero attached hydrogens (tertiary/aromatic N) is 1. The summed E-state index contributed by atoms with van der Waals surface area (Å²) >= 11 is 0. The minimum absolute atomic E-state index is 0.129. The van der Waals surface area contributed by atoms with Crippen LogP contribution < -0.4 is 10.1 Å². The smallest absolute Gasteiger partial charge is 0.210 e. The van der Waals surface area contributed by atoms with Gasteiger partial charge in [0.25, 0.3) is 0 Å². The minimum atomic E-state index is -3.53. The lowest BCUT2D eigenvalue weighted by atomic mass is 10.0. The zero-order valence-corrected chi connectivity index (χ0v) is 18.9. The van der Waals surface area contributed by atoms with E-state index in [1.54, 1.807) is 7.11 Å².